The molecule has 0 saturated heterocycles. The lowest BCUT2D eigenvalue weighted by atomic mass is 9.97. The Morgan fingerprint density at radius 3 is 2.14 bits per heavy atom. The first kappa shape index (κ1) is 15.8. The maximum Gasteiger partial charge on any atom is 0.0317 e. The molecular weight excluding hydrogens is 254 g/mol. The van der Waals surface area contributed by atoms with Gasteiger partial charge in [-0.05, 0) is 36.6 Å². The third-order valence-corrected chi connectivity index (χ3v) is 4.08. The first-order valence-corrected chi connectivity index (χ1v) is 8.13. The predicted molar refractivity (Wildman–Crippen MR) is 91.6 cm³/mol. The van der Waals surface area contributed by atoms with E-state index in [1.165, 1.54) is 42.4 Å². The number of benzene rings is 2. The standard InChI is InChI=1S/C20H27N/c1-3-4-6-11-20(21-2)19-14-12-18(13-15-19)16-17-9-7-5-8-10-17/h5,7-10,12-15,20-21H,3-4,6,11,16H2,1-2H3. The maximum atomic E-state index is 3.45. The van der Waals surface area contributed by atoms with Crippen molar-refractivity contribution < 1.29 is 0 Å². The van der Waals surface area contributed by atoms with Crippen LogP contribution in [-0.2, 0) is 6.42 Å². The molecule has 1 unspecified atom stereocenters. The molecule has 0 radical (unpaired) electrons. The van der Waals surface area contributed by atoms with Crippen molar-refractivity contribution in [2.75, 3.05) is 7.05 Å². The van der Waals surface area contributed by atoms with Crippen molar-refractivity contribution in [3.05, 3.63) is 71.3 Å². The quantitative estimate of drug-likeness (QED) is 0.662. The molecule has 1 N–H and O–H groups in total. The molecule has 112 valence electrons. The van der Waals surface area contributed by atoms with Gasteiger partial charge in [-0.3, -0.25) is 0 Å². The Morgan fingerprint density at radius 2 is 1.52 bits per heavy atom. The molecule has 2 rings (SSSR count). The van der Waals surface area contributed by atoms with Crippen molar-refractivity contribution in [2.45, 2.75) is 45.1 Å². The summed E-state index contributed by atoms with van der Waals surface area (Å²) in [6, 6.07) is 20.3. The number of rotatable bonds is 8. The second-order valence-electron chi connectivity index (χ2n) is 5.74. The molecule has 1 atom stereocenters. The van der Waals surface area contributed by atoms with E-state index in [-0.39, 0.29) is 0 Å². The van der Waals surface area contributed by atoms with Gasteiger partial charge in [-0.2, -0.15) is 0 Å². The van der Waals surface area contributed by atoms with Crippen LogP contribution in [0.2, 0.25) is 0 Å². The summed E-state index contributed by atoms with van der Waals surface area (Å²) < 4.78 is 0. The smallest absolute Gasteiger partial charge is 0.0317 e. The molecule has 0 aliphatic carbocycles. The zero-order chi connectivity index (χ0) is 14.9. The third kappa shape index (κ3) is 5.02. The van der Waals surface area contributed by atoms with Crippen LogP contribution in [0.25, 0.3) is 0 Å². The van der Waals surface area contributed by atoms with Crippen molar-refractivity contribution in [1.29, 1.82) is 0 Å². The van der Waals surface area contributed by atoms with Gasteiger partial charge < -0.3 is 5.32 Å². The Kier molecular flexibility index (Phi) is 6.49. The minimum Gasteiger partial charge on any atom is -0.313 e. The molecule has 21 heavy (non-hydrogen) atoms. The molecule has 0 bridgehead atoms. The highest BCUT2D eigenvalue weighted by molar-refractivity contribution is 5.29. The van der Waals surface area contributed by atoms with Crippen LogP contribution in [0.1, 0.15) is 55.3 Å². The highest BCUT2D eigenvalue weighted by Crippen LogP contribution is 2.21. The monoisotopic (exact) mass is 281 g/mol. The van der Waals surface area contributed by atoms with E-state index < -0.39 is 0 Å². The van der Waals surface area contributed by atoms with Crippen LogP contribution in [0.5, 0.6) is 0 Å². The van der Waals surface area contributed by atoms with Crippen LogP contribution in [-0.4, -0.2) is 7.05 Å². The lowest BCUT2D eigenvalue weighted by Crippen LogP contribution is -2.16. The van der Waals surface area contributed by atoms with Gasteiger partial charge in [-0.15, -0.1) is 0 Å². The number of unbranched alkanes of at least 4 members (excludes halogenated alkanes) is 2. The Hall–Kier alpha value is -1.60. The van der Waals surface area contributed by atoms with E-state index in [9.17, 15) is 0 Å². The molecule has 0 amide bonds. The fraction of sp³-hybridized carbons (Fsp3) is 0.400. The lowest BCUT2D eigenvalue weighted by molar-refractivity contribution is 0.512. The number of hydrogen-bond acceptors (Lipinski definition) is 1. The molecule has 0 aliphatic heterocycles. The second kappa shape index (κ2) is 8.63. The van der Waals surface area contributed by atoms with Gasteiger partial charge in [0.25, 0.3) is 0 Å². The Bertz CT molecular complexity index is 501. The molecule has 1 nitrogen and oxygen atoms in total. The van der Waals surface area contributed by atoms with E-state index >= 15 is 0 Å². The van der Waals surface area contributed by atoms with E-state index in [2.05, 4.69) is 73.9 Å². The molecule has 0 fully saturated rings. The van der Waals surface area contributed by atoms with Gasteiger partial charge in [0.2, 0.25) is 0 Å². The first-order chi connectivity index (χ1) is 10.3. The Balaban J connectivity index is 1.97. The molecule has 0 aromatic heterocycles. The van der Waals surface area contributed by atoms with Crippen LogP contribution in [0, 0.1) is 0 Å². The lowest BCUT2D eigenvalue weighted by Gasteiger charge is -2.17. The van der Waals surface area contributed by atoms with Crippen molar-refractivity contribution >= 4 is 0 Å². The summed E-state index contributed by atoms with van der Waals surface area (Å²) in [6.45, 7) is 2.26. The van der Waals surface area contributed by atoms with Crippen LogP contribution in [0.4, 0.5) is 0 Å². The Morgan fingerprint density at radius 1 is 0.857 bits per heavy atom. The van der Waals surface area contributed by atoms with Crippen molar-refractivity contribution in [2.24, 2.45) is 0 Å². The maximum absolute atomic E-state index is 3.45. The number of hydrogen-bond donors (Lipinski definition) is 1. The van der Waals surface area contributed by atoms with Gasteiger partial charge in [0.15, 0.2) is 0 Å². The third-order valence-electron chi connectivity index (χ3n) is 4.08. The topological polar surface area (TPSA) is 12.0 Å². The molecule has 2 aromatic carbocycles. The fourth-order valence-corrected chi connectivity index (χ4v) is 2.78. The van der Waals surface area contributed by atoms with Gasteiger partial charge in [-0.25, -0.2) is 0 Å². The summed E-state index contributed by atoms with van der Waals surface area (Å²) in [5, 5.41) is 3.45. The average molecular weight is 281 g/mol. The van der Waals surface area contributed by atoms with E-state index in [1.54, 1.807) is 0 Å². The van der Waals surface area contributed by atoms with Crippen molar-refractivity contribution in [3.63, 3.8) is 0 Å². The number of nitrogens with one attached hydrogen (secondary N) is 1. The van der Waals surface area contributed by atoms with Gasteiger partial charge in [-0.1, -0.05) is 80.8 Å². The van der Waals surface area contributed by atoms with E-state index in [0.29, 0.717) is 6.04 Å². The predicted octanol–water partition coefficient (Wildman–Crippen LogP) is 5.12. The van der Waals surface area contributed by atoms with Gasteiger partial charge in [0.05, 0.1) is 0 Å². The largest absolute Gasteiger partial charge is 0.313 e. The molecule has 0 aliphatic rings. The van der Waals surface area contributed by atoms with E-state index in [0.717, 1.165) is 6.42 Å². The summed E-state index contributed by atoms with van der Waals surface area (Å²) in [5.74, 6) is 0. The molecule has 0 heterocycles. The van der Waals surface area contributed by atoms with Crippen LogP contribution in [0.3, 0.4) is 0 Å². The summed E-state index contributed by atoms with van der Waals surface area (Å²) in [5.41, 5.74) is 4.16. The summed E-state index contributed by atoms with van der Waals surface area (Å²) >= 11 is 0. The van der Waals surface area contributed by atoms with Crippen LogP contribution >= 0.6 is 0 Å². The zero-order valence-corrected chi connectivity index (χ0v) is 13.3. The highest BCUT2D eigenvalue weighted by atomic mass is 14.9. The first-order valence-electron chi connectivity index (χ1n) is 8.13. The molecule has 2 aromatic rings. The summed E-state index contributed by atoms with van der Waals surface area (Å²) in [6.07, 6.45) is 6.15. The van der Waals surface area contributed by atoms with Crippen LogP contribution < -0.4 is 5.32 Å². The molecule has 1 heteroatoms. The minimum atomic E-state index is 0.488. The molecule has 0 spiro atoms. The molecular formula is C20H27N. The SMILES string of the molecule is CCCCCC(NC)c1ccc(Cc2ccccc2)cc1. The second-order valence-corrected chi connectivity index (χ2v) is 5.74. The summed E-state index contributed by atoms with van der Waals surface area (Å²) in [4.78, 5) is 0. The van der Waals surface area contributed by atoms with E-state index in [1.807, 2.05) is 0 Å². The zero-order valence-electron chi connectivity index (χ0n) is 13.3. The van der Waals surface area contributed by atoms with Crippen LogP contribution in [0.15, 0.2) is 54.6 Å². The Labute approximate surface area is 129 Å². The van der Waals surface area contributed by atoms with Crippen molar-refractivity contribution in [1.82, 2.24) is 5.32 Å². The highest BCUT2D eigenvalue weighted by Gasteiger charge is 2.08. The van der Waals surface area contributed by atoms with Gasteiger partial charge >= 0.3 is 0 Å². The summed E-state index contributed by atoms with van der Waals surface area (Å²) in [7, 11) is 2.06. The fourth-order valence-electron chi connectivity index (χ4n) is 2.78. The van der Waals surface area contributed by atoms with Gasteiger partial charge in [0, 0.05) is 6.04 Å². The normalized spacial score (nSPS) is 12.3. The molecule has 0 saturated carbocycles. The van der Waals surface area contributed by atoms with Crippen molar-refractivity contribution in [3.8, 4) is 0 Å². The van der Waals surface area contributed by atoms with E-state index in [4.69, 9.17) is 0 Å². The minimum absolute atomic E-state index is 0.488. The average Bonchev–Trinajstić information content (AvgIpc) is 2.54. The van der Waals surface area contributed by atoms with Gasteiger partial charge in [0.1, 0.15) is 0 Å².